The number of carbonyl (C=O) groups excluding carboxylic acids is 1. The predicted octanol–water partition coefficient (Wildman–Crippen LogP) is 1.66. The molecule has 0 fully saturated rings. The second-order valence-electron chi connectivity index (χ2n) is 5.45. The van der Waals surface area contributed by atoms with Crippen molar-refractivity contribution < 1.29 is 4.79 Å². The smallest absolute Gasteiger partial charge is 0.226 e. The van der Waals surface area contributed by atoms with Gasteiger partial charge in [0, 0.05) is 17.5 Å². The van der Waals surface area contributed by atoms with Gasteiger partial charge in [-0.3, -0.25) is 4.79 Å². The molecule has 0 spiro atoms. The molecule has 0 aromatic carbocycles. The maximum atomic E-state index is 11.7. The zero-order valence-electron chi connectivity index (χ0n) is 11.2. The number of rotatable bonds is 4. The molecule has 1 rings (SSSR count). The van der Waals surface area contributed by atoms with Crippen LogP contribution in [0, 0.1) is 0 Å². The van der Waals surface area contributed by atoms with Gasteiger partial charge >= 0.3 is 0 Å². The van der Waals surface area contributed by atoms with Crippen LogP contribution in [0.2, 0.25) is 0 Å². The molecule has 0 aliphatic rings. The highest BCUT2D eigenvalue weighted by Gasteiger charge is 2.15. The third kappa shape index (κ3) is 5.79. The molecular formula is C12H21N3OS. The van der Waals surface area contributed by atoms with E-state index < -0.39 is 0 Å². The molecule has 0 aliphatic carbocycles. The maximum Gasteiger partial charge on any atom is 0.226 e. The molecule has 0 radical (unpaired) electrons. The van der Waals surface area contributed by atoms with Crippen LogP contribution in [0.1, 0.15) is 31.5 Å². The van der Waals surface area contributed by atoms with Gasteiger partial charge in [-0.05, 0) is 34.9 Å². The van der Waals surface area contributed by atoms with E-state index in [1.807, 2.05) is 40.2 Å². The van der Waals surface area contributed by atoms with Crippen molar-refractivity contribution in [2.75, 3.05) is 14.1 Å². The van der Waals surface area contributed by atoms with Gasteiger partial charge in [-0.2, -0.15) is 0 Å². The van der Waals surface area contributed by atoms with Gasteiger partial charge < -0.3 is 10.2 Å². The number of aromatic nitrogens is 1. The molecule has 1 N–H and O–H groups in total. The van der Waals surface area contributed by atoms with E-state index in [0.29, 0.717) is 6.42 Å². The molecule has 17 heavy (non-hydrogen) atoms. The van der Waals surface area contributed by atoms with Crippen LogP contribution in [0.5, 0.6) is 0 Å². The summed E-state index contributed by atoms with van der Waals surface area (Å²) in [7, 11) is 4.01. The van der Waals surface area contributed by atoms with Gasteiger partial charge in [-0.25, -0.2) is 4.98 Å². The first-order valence-electron chi connectivity index (χ1n) is 5.65. The Balaban J connectivity index is 2.52. The second kappa shape index (κ2) is 5.60. The fraction of sp³-hybridized carbons (Fsp3) is 0.667. The van der Waals surface area contributed by atoms with E-state index in [-0.39, 0.29) is 11.4 Å². The number of carbonyl (C=O) groups is 1. The highest BCUT2D eigenvalue weighted by Crippen LogP contribution is 2.12. The van der Waals surface area contributed by atoms with E-state index in [0.717, 1.165) is 17.2 Å². The minimum absolute atomic E-state index is 0.0270. The highest BCUT2D eigenvalue weighted by atomic mass is 32.1. The van der Waals surface area contributed by atoms with Crippen molar-refractivity contribution in [1.82, 2.24) is 15.2 Å². The molecule has 1 amide bonds. The summed E-state index contributed by atoms with van der Waals surface area (Å²) in [5.74, 6) is 0.0270. The standard InChI is InChI=1S/C12H21N3OS/c1-12(2,3)14-10(16)6-9-8-17-11(13-9)7-15(4)5/h8H,6-7H2,1-5H3,(H,14,16). The van der Waals surface area contributed by atoms with E-state index in [1.165, 1.54) is 0 Å². The average Bonchev–Trinajstić information content (AvgIpc) is 2.46. The molecule has 5 heteroatoms. The number of hydrogen-bond acceptors (Lipinski definition) is 4. The van der Waals surface area contributed by atoms with Gasteiger partial charge in [0.2, 0.25) is 5.91 Å². The monoisotopic (exact) mass is 255 g/mol. The fourth-order valence-corrected chi connectivity index (χ4v) is 2.31. The Morgan fingerprint density at radius 3 is 2.65 bits per heavy atom. The molecule has 1 aromatic heterocycles. The number of nitrogens with one attached hydrogen (secondary N) is 1. The number of nitrogens with zero attached hydrogens (tertiary/aromatic N) is 2. The van der Waals surface area contributed by atoms with Crippen molar-refractivity contribution in [3.05, 3.63) is 16.1 Å². The minimum Gasteiger partial charge on any atom is -0.351 e. The number of hydrogen-bond donors (Lipinski definition) is 1. The molecule has 96 valence electrons. The molecule has 0 saturated carbocycles. The van der Waals surface area contributed by atoms with E-state index in [9.17, 15) is 4.79 Å². The first-order chi connectivity index (χ1) is 7.76. The topological polar surface area (TPSA) is 45.2 Å². The lowest BCUT2D eigenvalue weighted by Gasteiger charge is -2.20. The van der Waals surface area contributed by atoms with E-state index >= 15 is 0 Å². The van der Waals surface area contributed by atoms with E-state index in [4.69, 9.17) is 0 Å². The van der Waals surface area contributed by atoms with Crippen molar-refractivity contribution in [2.24, 2.45) is 0 Å². The molecule has 0 atom stereocenters. The third-order valence-corrected chi connectivity index (χ3v) is 2.79. The first kappa shape index (κ1) is 14.1. The SMILES string of the molecule is CN(C)Cc1nc(CC(=O)NC(C)(C)C)cs1. The van der Waals surface area contributed by atoms with Crippen LogP contribution in [-0.2, 0) is 17.8 Å². The lowest BCUT2D eigenvalue weighted by molar-refractivity contribution is -0.121. The summed E-state index contributed by atoms with van der Waals surface area (Å²) in [6, 6.07) is 0. The molecular weight excluding hydrogens is 234 g/mol. The van der Waals surface area contributed by atoms with Gasteiger partial charge in [-0.1, -0.05) is 0 Å². The molecule has 1 aromatic rings. The summed E-state index contributed by atoms with van der Waals surface area (Å²) >= 11 is 1.61. The van der Waals surface area contributed by atoms with Gasteiger partial charge in [0.25, 0.3) is 0 Å². The van der Waals surface area contributed by atoms with Crippen LogP contribution in [-0.4, -0.2) is 35.4 Å². The first-order valence-corrected chi connectivity index (χ1v) is 6.53. The van der Waals surface area contributed by atoms with Crippen molar-refractivity contribution in [2.45, 2.75) is 39.3 Å². The van der Waals surface area contributed by atoms with Crippen LogP contribution in [0.3, 0.4) is 0 Å². The Morgan fingerprint density at radius 2 is 2.12 bits per heavy atom. The molecule has 0 unspecified atom stereocenters. The van der Waals surface area contributed by atoms with Gasteiger partial charge in [0.15, 0.2) is 0 Å². The Morgan fingerprint density at radius 1 is 1.47 bits per heavy atom. The minimum atomic E-state index is -0.181. The quantitative estimate of drug-likeness (QED) is 0.890. The summed E-state index contributed by atoms with van der Waals surface area (Å²) < 4.78 is 0. The van der Waals surface area contributed by atoms with Gasteiger partial charge in [0.1, 0.15) is 5.01 Å². The van der Waals surface area contributed by atoms with Crippen LogP contribution < -0.4 is 5.32 Å². The number of amides is 1. The summed E-state index contributed by atoms with van der Waals surface area (Å²) in [6.45, 7) is 6.75. The van der Waals surface area contributed by atoms with Crippen LogP contribution in [0.15, 0.2) is 5.38 Å². The Hall–Kier alpha value is -0.940. The Bertz CT molecular complexity index is 379. The summed E-state index contributed by atoms with van der Waals surface area (Å²) in [5, 5.41) is 5.94. The van der Waals surface area contributed by atoms with Crippen LogP contribution >= 0.6 is 11.3 Å². The Labute approximate surface area is 107 Å². The fourth-order valence-electron chi connectivity index (χ4n) is 1.40. The normalized spacial score (nSPS) is 11.9. The lowest BCUT2D eigenvalue weighted by atomic mass is 10.1. The molecule has 4 nitrogen and oxygen atoms in total. The summed E-state index contributed by atoms with van der Waals surface area (Å²) in [4.78, 5) is 18.2. The van der Waals surface area contributed by atoms with Gasteiger partial charge in [0.05, 0.1) is 12.1 Å². The van der Waals surface area contributed by atoms with Gasteiger partial charge in [-0.15, -0.1) is 11.3 Å². The van der Waals surface area contributed by atoms with Crippen molar-refractivity contribution >= 4 is 17.2 Å². The zero-order chi connectivity index (χ0) is 13.1. The van der Waals surface area contributed by atoms with Crippen molar-refractivity contribution in [3.8, 4) is 0 Å². The third-order valence-electron chi connectivity index (χ3n) is 1.91. The predicted molar refractivity (Wildman–Crippen MR) is 71.1 cm³/mol. The molecule has 1 heterocycles. The van der Waals surface area contributed by atoms with E-state index in [1.54, 1.807) is 11.3 Å². The average molecular weight is 255 g/mol. The second-order valence-corrected chi connectivity index (χ2v) is 6.39. The maximum absolute atomic E-state index is 11.7. The molecule has 0 aliphatic heterocycles. The highest BCUT2D eigenvalue weighted by molar-refractivity contribution is 7.09. The van der Waals surface area contributed by atoms with Crippen molar-refractivity contribution in [3.63, 3.8) is 0 Å². The van der Waals surface area contributed by atoms with Crippen molar-refractivity contribution in [1.29, 1.82) is 0 Å². The summed E-state index contributed by atoms with van der Waals surface area (Å²) in [5.41, 5.74) is 0.674. The Kier molecular flexibility index (Phi) is 4.65. The lowest BCUT2D eigenvalue weighted by Crippen LogP contribution is -2.41. The van der Waals surface area contributed by atoms with Crippen LogP contribution in [0.4, 0.5) is 0 Å². The largest absolute Gasteiger partial charge is 0.351 e. The molecule has 0 saturated heterocycles. The van der Waals surface area contributed by atoms with Crippen LogP contribution in [0.25, 0.3) is 0 Å². The zero-order valence-corrected chi connectivity index (χ0v) is 12.0. The molecule has 0 bridgehead atoms. The number of thiazole rings is 1. The van der Waals surface area contributed by atoms with E-state index in [2.05, 4.69) is 15.2 Å². The summed E-state index contributed by atoms with van der Waals surface area (Å²) in [6.07, 6.45) is 0.362.